The van der Waals surface area contributed by atoms with Crippen LogP contribution in [0.1, 0.15) is 370 Å². The molecule has 5 atom stereocenters. The molecular weight excluding hydrogens is 1210 g/mol. The lowest BCUT2D eigenvalue weighted by molar-refractivity contribution is -0.161. The molecule has 2 unspecified atom stereocenters. The van der Waals surface area contributed by atoms with Gasteiger partial charge in [-0.1, -0.05) is 318 Å². The van der Waals surface area contributed by atoms with Crippen LogP contribution in [0, 0.1) is 17.8 Å². The molecule has 0 amide bonds. The Bertz CT molecular complexity index is 1800. The number of ether oxygens (including phenoxy) is 4. The minimum atomic E-state index is -4.95. The van der Waals surface area contributed by atoms with Crippen LogP contribution in [0.4, 0.5) is 0 Å². The van der Waals surface area contributed by atoms with Gasteiger partial charge in [0, 0.05) is 25.7 Å². The second kappa shape index (κ2) is 63.8. The number of phosphoric ester groups is 2. The Morgan fingerprint density at radius 2 is 0.500 bits per heavy atom. The van der Waals surface area contributed by atoms with Crippen molar-refractivity contribution >= 4 is 39.5 Å². The summed E-state index contributed by atoms with van der Waals surface area (Å²) in [5.74, 6) is 0.124. The highest BCUT2D eigenvalue weighted by Gasteiger charge is 2.30. The van der Waals surface area contributed by atoms with Crippen molar-refractivity contribution in [2.75, 3.05) is 39.6 Å². The summed E-state index contributed by atoms with van der Waals surface area (Å²) < 4.78 is 68.4. The molecule has 0 rings (SSSR count). The number of esters is 4. The maximum atomic E-state index is 13.1. The summed E-state index contributed by atoms with van der Waals surface area (Å²) >= 11 is 0. The van der Waals surface area contributed by atoms with E-state index in [0.717, 1.165) is 108 Å². The average molecular weight is 1350 g/mol. The second-order valence-corrected chi connectivity index (χ2v) is 30.7. The maximum absolute atomic E-state index is 13.1. The molecule has 19 heteroatoms. The number of aliphatic hydroxyl groups is 1. The molecule has 0 radical (unpaired) electrons. The van der Waals surface area contributed by atoms with Gasteiger partial charge in [-0.2, -0.15) is 0 Å². The first-order valence-electron chi connectivity index (χ1n) is 37.8. The lowest BCUT2D eigenvalue weighted by Crippen LogP contribution is -2.30. The quantitative estimate of drug-likeness (QED) is 0.0222. The van der Waals surface area contributed by atoms with Crippen LogP contribution < -0.4 is 0 Å². The molecular formula is C73H142O17P2. The molecule has 0 aliphatic heterocycles. The molecule has 0 fully saturated rings. The molecule has 0 bridgehead atoms. The first-order chi connectivity index (χ1) is 44.2. The van der Waals surface area contributed by atoms with Gasteiger partial charge in [0.1, 0.15) is 19.3 Å². The van der Waals surface area contributed by atoms with Crippen LogP contribution in [0.3, 0.4) is 0 Å². The van der Waals surface area contributed by atoms with Gasteiger partial charge in [0.15, 0.2) is 12.2 Å². The molecule has 0 saturated carbocycles. The van der Waals surface area contributed by atoms with Crippen LogP contribution in [0.2, 0.25) is 0 Å². The molecule has 92 heavy (non-hydrogen) atoms. The van der Waals surface area contributed by atoms with Crippen LogP contribution in [-0.4, -0.2) is 96.7 Å². The van der Waals surface area contributed by atoms with E-state index in [1.165, 1.54) is 180 Å². The van der Waals surface area contributed by atoms with Crippen molar-refractivity contribution in [2.45, 2.75) is 388 Å². The summed E-state index contributed by atoms with van der Waals surface area (Å²) in [7, 11) is -9.91. The Hall–Kier alpha value is -1.94. The molecule has 0 aromatic carbocycles. The van der Waals surface area contributed by atoms with E-state index in [9.17, 15) is 43.2 Å². The van der Waals surface area contributed by atoms with Gasteiger partial charge in [0.05, 0.1) is 26.4 Å². The fourth-order valence-electron chi connectivity index (χ4n) is 11.1. The third-order valence-corrected chi connectivity index (χ3v) is 18.8. The Balaban J connectivity index is 5.27. The third kappa shape index (κ3) is 66.7. The van der Waals surface area contributed by atoms with E-state index >= 15 is 0 Å². The second-order valence-electron chi connectivity index (χ2n) is 27.8. The topological polar surface area (TPSA) is 237 Å². The van der Waals surface area contributed by atoms with Gasteiger partial charge < -0.3 is 33.8 Å². The zero-order valence-electron chi connectivity index (χ0n) is 60.0. The van der Waals surface area contributed by atoms with E-state index in [1.54, 1.807) is 0 Å². The standard InChI is InChI=1S/C73H142O17P2/c1-8-9-10-11-12-13-14-15-16-19-26-33-40-47-54-70(75)83-60-68(89-72(77)56-49-42-35-27-20-17-18-23-30-37-44-51-64(2)3)62-87-91(79,80)85-58-67(74)59-86-92(81,82)88-63-69(90-73(78)57-50-43-36-29-22-25-32-39-46-53-66(6)7)61-84-71(76)55-48-41-34-28-21-24-31-38-45-52-65(4)5/h64-69,74H,8-63H2,1-7H3,(H,79,80)(H,81,82)/t67-,68-,69-/m1/s1. The average Bonchev–Trinajstić information content (AvgIpc) is 1.53. The SMILES string of the molecule is CCCCCCCCCCCCCCCCC(=O)OC[C@H](COP(=O)(O)OC[C@@H](O)COP(=O)(O)OC[C@@H](COC(=O)CCCCCCCCCCCC(C)C)OC(=O)CCCCCCCCCCCC(C)C)OC(=O)CCCCCCCCCCCCCC(C)C. The molecule has 0 saturated heterocycles. The van der Waals surface area contributed by atoms with Gasteiger partial charge in [0.2, 0.25) is 0 Å². The summed E-state index contributed by atoms with van der Waals surface area (Å²) in [6, 6.07) is 0. The molecule has 0 aromatic heterocycles. The van der Waals surface area contributed by atoms with Gasteiger partial charge in [-0.15, -0.1) is 0 Å². The van der Waals surface area contributed by atoms with Crippen LogP contribution >= 0.6 is 15.6 Å². The van der Waals surface area contributed by atoms with Gasteiger partial charge in [-0.3, -0.25) is 37.3 Å². The van der Waals surface area contributed by atoms with Crippen molar-refractivity contribution in [2.24, 2.45) is 17.8 Å². The van der Waals surface area contributed by atoms with Gasteiger partial charge in [-0.05, 0) is 43.4 Å². The van der Waals surface area contributed by atoms with Crippen LogP contribution in [0.15, 0.2) is 0 Å². The summed E-state index contributed by atoms with van der Waals surface area (Å²) in [5, 5.41) is 10.6. The van der Waals surface area contributed by atoms with E-state index in [2.05, 4.69) is 48.5 Å². The Labute approximate surface area is 562 Å². The summed E-state index contributed by atoms with van der Waals surface area (Å²) in [6.07, 6.45) is 48.5. The molecule has 3 N–H and O–H groups in total. The third-order valence-electron chi connectivity index (χ3n) is 16.9. The summed E-state index contributed by atoms with van der Waals surface area (Å²) in [4.78, 5) is 72.7. The number of aliphatic hydroxyl groups excluding tert-OH is 1. The van der Waals surface area contributed by atoms with Crippen molar-refractivity contribution in [1.29, 1.82) is 0 Å². The predicted molar refractivity (Wildman–Crippen MR) is 372 cm³/mol. The normalized spacial score (nSPS) is 14.1. The van der Waals surface area contributed by atoms with E-state index in [1.807, 2.05) is 0 Å². The van der Waals surface area contributed by atoms with Crippen LogP contribution in [-0.2, 0) is 65.4 Å². The molecule has 0 aromatic rings. The lowest BCUT2D eigenvalue weighted by Gasteiger charge is -2.21. The molecule has 0 heterocycles. The van der Waals surface area contributed by atoms with E-state index < -0.39 is 97.5 Å². The molecule has 0 spiro atoms. The van der Waals surface area contributed by atoms with Crippen LogP contribution in [0.5, 0.6) is 0 Å². The first kappa shape index (κ1) is 90.1. The van der Waals surface area contributed by atoms with E-state index in [4.69, 9.17) is 37.0 Å². The first-order valence-corrected chi connectivity index (χ1v) is 40.8. The Morgan fingerprint density at radius 3 is 0.739 bits per heavy atom. The number of phosphoric acid groups is 2. The van der Waals surface area contributed by atoms with Crippen molar-refractivity contribution in [1.82, 2.24) is 0 Å². The highest BCUT2D eigenvalue weighted by molar-refractivity contribution is 7.47. The van der Waals surface area contributed by atoms with Crippen molar-refractivity contribution in [3.05, 3.63) is 0 Å². The number of carbonyl (C=O) groups is 4. The lowest BCUT2D eigenvalue weighted by atomic mass is 10.0. The molecule has 546 valence electrons. The van der Waals surface area contributed by atoms with Gasteiger partial charge in [-0.25, -0.2) is 9.13 Å². The number of unbranched alkanes of at least 4 members (excludes halogenated alkanes) is 39. The molecule has 0 aliphatic rings. The predicted octanol–water partition coefficient (Wildman–Crippen LogP) is 21.0. The minimum absolute atomic E-state index is 0.105. The summed E-state index contributed by atoms with van der Waals surface area (Å²) in [6.45, 7) is 11.8. The number of carbonyl (C=O) groups excluding carboxylic acids is 4. The monoisotopic (exact) mass is 1350 g/mol. The Morgan fingerprint density at radius 1 is 0.293 bits per heavy atom. The zero-order chi connectivity index (χ0) is 68.0. The molecule has 0 aliphatic carbocycles. The highest BCUT2D eigenvalue weighted by Crippen LogP contribution is 2.45. The fraction of sp³-hybridized carbons (Fsp3) is 0.945. The number of rotatable bonds is 71. The van der Waals surface area contributed by atoms with Crippen molar-refractivity contribution in [3.63, 3.8) is 0 Å². The minimum Gasteiger partial charge on any atom is -0.462 e. The number of hydrogen-bond acceptors (Lipinski definition) is 15. The number of hydrogen-bond donors (Lipinski definition) is 3. The van der Waals surface area contributed by atoms with Gasteiger partial charge in [0.25, 0.3) is 0 Å². The highest BCUT2D eigenvalue weighted by atomic mass is 31.2. The summed E-state index contributed by atoms with van der Waals surface area (Å²) in [5.41, 5.74) is 0. The zero-order valence-corrected chi connectivity index (χ0v) is 61.8. The Kier molecular flexibility index (Phi) is 62.4. The maximum Gasteiger partial charge on any atom is 0.472 e. The van der Waals surface area contributed by atoms with E-state index in [-0.39, 0.29) is 25.7 Å². The largest absolute Gasteiger partial charge is 0.472 e. The van der Waals surface area contributed by atoms with Crippen LogP contribution in [0.25, 0.3) is 0 Å². The smallest absolute Gasteiger partial charge is 0.462 e. The molecule has 17 nitrogen and oxygen atoms in total. The van der Waals surface area contributed by atoms with Crippen molar-refractivity contribution in [3.8, 4) is 0 Å². The van der Waals surface area contributed by atoms with Crippen molar-refractivity contribution < 1.29 is 80.2 Å². The fourth-order valence-corrected chi connectivity index (χ4v) is 12.7. The van der Waals surface area contributed by atoms with Gasteiger partial charge >= 0.3 is 39.5 Å². The van der Waals surface area contributed by atoms with E-state index in [0.29, 0.717) is 25.7 Å².